The molecule has 78 valence electrons. The topological polar surface area (TPSA) is 45.0 Å². The molecule has 0 spiro atoms. The predicted octanol–water partition coefficient (Wildman–Crippen LogP) is 1.31. The molecular weight excluding hydrogens is 176 g/mol. The summed E-state index contributed by atoms with van der Waals surface area (Å²) in [4.78, 5) is 0. The Morgan fingerprint density at radius 2 is 2.14 bits per heavy atom. The summed E-state index contributed by atoms with van der Waals surface area (Å²) in [6.45, 7) is 3.64. The van der Waals surface area contributed by atoms with Gasteiger partial charge in [0.05, 0.1) is 11.5 Å². The summed E-state index contributed by atoms with van der Waals surface area (Å²) < 4.78 is 5.35. The first-order valence-corrected chi connectivity index (χ1v) is 5.57. The Balaban J connectivity index is 2.06. The molecule has 3 heteroatoms. The minimum absolute atomic E-state index is 0.0952. The number of piperidine rings is 1. The van der Waals surface area contributed by atoms with Crippen molar-refractivity contribution in [2.24, 2.45) is 11.3 Å². The quantitative estimate of drug-likeness (QED) is 0.684. The molecule has 0 aromatic rings. The fourth-order valence-electron chi connectivity index (χ4n) is 2.71. The molecule has 1 N–H and O–H groups in total. The Morgan fingerprint density at radius 1 is 1.36 bits per heavy atom. The van der Waals surface area contributed by atoms with Crippen LogP contribution in [0.4, 0.5) is 0 Å². The molecule has 3 nitrogen and oxygen atoms in total. The van der Waals surface area contributed by atoms with Crippen molar-refractivity contribution in [3.63, 3.8) is 0 Å². The Morgan fingerprint density at radius 3 is 2.71 bits per heavy atom. The van der Waals surface area contributed by atoms with E-state index in [1.807, 2.05) is 0 Å². The number of hydrogen-bond acceptors (Lipinski definition) is 3. The van der Waals surface area contributed by atoms with Gasteiger partial charge in [0, 0.05) is 19.8 Å². The number of nitrogens with one attached hydrogen (secondary N) is 1. The minimum atomic E-state index is -0.0952. The van der Waals surface area contributed by atoms with E-state index in [1.165, 1.54) is 0 Å². The van der Waals surface area contributed by atoms with Gasteiger partial charge in [-0.05, 0) is 38.1 Å². The second-order valence-electron chi connectivity index (χ2n) is 4.43. The van der Waals surface area contributed by atoms with Crippen LogP contribution in [0.5, 0.6) is 0 Å². The summed E-state index contributed by atoms with van der Waals surface area (Å²) in [5.41, 5.74) is -0.0952. The zero-order valence-electron chi connectivity index (χ0n) is 8.59. The van der Waals surface area contributed by atoms with Crippen molar-refractivity contribution in [2.45, 2.75) is 25.7 Å². The molecule has 2 rings (SSSR count). The van der Waals surface area contributed by atoms with E-state index in [0.717, 1.165) is 52.0 Å². The summed E-state index contributed by atoms with van der Waals surface area (Å²) >= 11 is 0. The van der Waals surface area contributed by atoms with Crippen molar-refractivity contribution in [1.29, 1.82) is 5.26 Å². The predicted molar refractivity (Wildman–Crippen MR) is 53.7 cm³/mol. The maximum Gasteiger partial charge on any atom is 0.0728 e. The summed E-state index contributed by atoms with van der Waals surface area (Å²) in [5, 5.41) is 12.7. The van der Waals surface area contributed by atoms with Crippen LogP contribution in [-0.2, 0) is 4.74 Å². The molecule has 1 unspecified atom stereocenters. The van der Waals surface area contributed by atoms with Crippen LogP contribution in [0.2, 0.25) is 0 Å². The van der Waals surface area contributed by atoms with Crippen molar-refractivity contribution < 1.29 is 4.74 Å². The molecule has 0 radical (unpaired) electrons. The molecule has 0 bridgehead atoms. The molecule has 1 atom stereocenters. The highest BCUT2D eigenvalue weighted by Gasteiger charge is 2.40. The van der Waals surface area contributed by atoms with Crippen LogP contribution in [-0.4, -0.2) is 26.3 Å². The smallest absolute Gasteiger partial charge is 0.0728 e. The molecule has 0 amide bonds. The van der Waals surface area contributed by atoms with Gasteiger partial charge in [0.1, 0.15) is 0 Å². The molecule has 14 heavy (non-hydrogen) atoms. The summed E-state index contributed by atoms with van der Waals surface area (Å²) in [6.07, 6.45) is 4.34. The molecule has 0 aromatic heterocycles. The lowest BCUT2D eigenvalue weighted by molar-refractivity contribution is 0.0213. The summed E-state index contributed by atoms with van der Waals surface area (Å²) in [6, 6.07) is 2.57. The van der Waals surface area contributed by atoms with Crippen LogP contribution in [0.1, 0.15) is 25.7 Å². The Hall–Kier alpha value is -0.590. The van der Waals surface area contributed by atoms with E-state index >= 15 is 0 Å². The van der Waals surface area contributed by atoms with E-state index in [0.29, 0.717) is 5.92 Å². The fourth-order valence-corrected chi connectivity index (χ4v) is 2.71. The van der Waals surface area contributed by atoms with Gasteiger partial charge in [0.25, 0.3) is 0 Å². The maximum atomic E-state index is 9.36. The maximum absolute atomic E-state index is 9.36. The standard InChI is InChI=1S/C11H18N2O/c12-8-11(4-1-5-13-9-11)10-2-6-14-7-3-10/h10,13H,1-7,9H2. The minimum Gasteiger partial charge on any atom is -0.381 e. The van der Waals surface area contributed by atoms with Crippen LogP contribution >= 0.6 is 0 Å². The first-order chi connectivity index (χ1) is 6.87. The normalized spacial score (nSPS) is 35.1. The molecule has 2 heterocycles. The van der Waals surface area contributed by atoms with Crippen molar-refractivity contribution in [1.82, 2.24) is 5.32 Å². The van der Waals surface area contributed by atoms with Gasteiger partial charge in [-0.15, -0.1) is 0 Å². The monoisotopic (exact) mass is 194 g/mol. The first kappa shape index (κ1) is 9.95. The van der Waals surface area contributed by atoms with Crippen molar-refractivity contribution >= 4 is 0 Å². The highest BCUT2D eigenvalue weighted by atomic mass is 16.5. The first-order valence-electron chi connectivity index (χ1n) is 5.57. The second kappa shape index (κ2) is 4.29. The van der Waals surface area contributed by atoms with E-state index in [4.69, 9.17) is 4.74 Å². The zero-order chi connectivity index (χ0) is 9.86. The van der Waals surface area contributed by atoms with Crippen LogP contribution in [0.15, 0.2) is 0 Å². The highest BCUT2D eigenvalue weighted by Crippen LogP contribution is 2.39. The third-order valence-electron chi connectivity index (χ3n) is 3.64. The molecule has 2 saturated heterocycles. The Labute approximate surface area is 85.4 Å². The average Bonchev–Trinajstić information content (AvgIpc) is 2.31. The van der Waals surface area contributed by atoms with E-state index in [-0.39, 0.29) is 5.41 Å². The third-order valence-corrected chi connectivity index (χ3v) is 3.64. The van der Waals surface area contributed by atoms with E-state index < -0.39 is 0 Å². The van der Waals surface area contributed by atoms with Gasteiger partial charge in [-0.1, -0.05) is 0 Å². The van der Waals surface area contributed by atoms with Gasteiger partial charge in [0.2, 0.25) is 0 Å². The van der Waals surface area contributed by atoms with Crippen molar-refractivity contribution in [3.8, 4) is 6.07 Å². The lowest BCUT2D eigenvalue weighted by Crippen LogP contribution is -2.45. The zero-order valence-corrected chi connectivity index (χ0v) is 8.59. The Kier molecular flexibility index (Phi) is 3.05. The molecule has 0 aliphatic carbocycles. The Bertz CT molecular complexity index is 222. The molecule has 2 aliphatic heterocycles. The van der Waals surface area contributed by atoms with Crippen LogP contribution in [0.25, 0.3) is 0 Å². The van der Waals surface area contributed by atoms with Crippen molar-refractivity contribution in [3.05, 3.63) is 0 Å². The van der Waals surface area contributed by atoms with E-state index in [1.54, 1.807) is 0 Å². The number of rotatable bonds is 1. The van der Waals surface area contributed by atoms with Crippen LogP contribution < -0.4 is 5.32 Å². The van der Waals surface area contributed by atoms with Crippen LogP contribution in [0, 0.1) is 22.7 Å². The second-order valence-corrected chi connectivity index (χ2v) is 4.43. The van der Waals surface area contributed by atoms with Gasteiger partial charge in [-0.2, -0.15) is 5.26 Å². The SMILES string of the molecule is N#CC1(C2CCOCC2)CCCNC1. The molecule has 2 fully saturated rings. The number of nitrogens with zero attached hydrogens (tertiary/aromatic N) is 1. The highest BCUT2D eigenvalue weighted by molar-refractivity contribution is 5.06. The van der Waals surface area contributed by atoms with Crippen molar-refractivity contribution in [2.75, 3.05) is 26.3 Å². The molecule has 0 aromatic carbocycles. The van der Waals surface area contributed by atoms with Gasteiger partial charge in [-0.3, -0.25) is 0 Å². The summed E-state index contributed by atoms with van der Waals surface area (Å²) in [5.74, 6) is 0.550. The number of ether oxygens (including phenoxy) is 1. The summed E-state index contributed by atoms with van der Waals surface area (Å²) in [7, 11) is 0. The third kappa shape index (κ3) is 1.77. The molecule has 0 saturated carbocycles. The lowest BCUT2D eigenvalue weighted by atomic mass is 9.68. The number of hydrogen-bond donors (Lipinski definition) is 1. The molecular formula is C11H18N2O. The van der Waals surface area contributed by atoms with Gasteiger partial charge >= 0.3 is 0 Å². The van der Waals surface area contributed by atoms with Crippen LogP contribution in [0.3, 0.4) is 0 Å². The number of nitriles is 1. The lowest BCUT2D eigenvalue weighted by Gasteiger charge is -2.40. The largest absolute Gasteiger partial charge is 0.381 e. The average molecular weight is 194 g/mol. The van der Waals surface area contributed by atoms with Gasteiger partial charge in [0.15, 0.2) is 0 Å². The van der Waals surface area contributed by atoms with E-state index in [2.05, 4.69) is 11.4 Å². The van der Waals surface area contributed by atoms with Gasteiger partial charge < -0.3 is 10.1 Å². The van der Waals surface area contributed by atoms with Gasteiger partial charge in [-0.25, -0.2) is 0 Å². The van der Waals surface area contributed by atoms with E-state index in [9.17, 15) is 5.26 Å². The molecule has 2 aliphatic rings. The fraction of sp³-hybridized carbons (Fsp3) is 0.909.